The van der Waals surface area contributed by atoms with E-state index in [9.17, 15) is 4.79 Å². The van der Waals surface area contributed by atoms with E-state index in [1.165, 1.54) is 18.2 Å². The van der Waals surface area contributed by atoms with Gasteiger partial charge in [0, 0.05) is 28.0 Å². The van der Waals surface area contributed by atoms with Crippen LogP contribution in [0.2, 0.25) is 5.02 Å². The van der Waals surface area contributed by atoms with Gasteiger partial charge < -0.3 is 9.88 Å². The molecule has 1 aliphatic heterocycles. The lowest BCUT2D eigenvalue weighted by Gasteiger charge is -2.39. The molecule has 1 N–H and O–H groups in total. The molecule has 1 aromatic carbocycles. The number of benzene rings is 1. The van der Waals surface area contributed by atoms with Crippen LogP contribution in [0.4, 0.5) is 0 Å². The van der Waals surface area contributed by atoms with Crippen molar-refractivity contribution < 1.29 is 4.79 Å². The first-order chi connectivity index (χ1) is 12.5. The third-order valence-electron chi connectivity index (χ3n) is 4.96. The maximum atomic E-state index is 12.6. The summed E-state index contributed by atoms with van der Waals surface area (Å²) in [4.78, 5) is 22.4. The number of nitrogens with one attached hydrogen (secondary N) is 1. The molecule has 0 spiro atoms. The van der Waals surface area contributed by atoms with Crippen molar-refractivity contribution in [2.24, 2.45) is 0 Å². The average molecular weight is 390 g/mol. The van der Waals surface area contributed by atoms with Crippen LogP contribution in [0.1, 0.15) is 33.1 Å². The summed E-state index contributed by atoms with van der Waals surface area (Å²) in [5, 5.41) is 10.5. The number of H-pyrrole nitrogens is 1. The monoisotopic (exact) mass is 389 g/mol. The molecule has 1 saturated heterocycles. The Labute approximate surface area is 160 Å². The number of carbonyl (C=O) groups is 1. The van der Waals surface area contributed by atoms with Gasteiger partial charge >= 0.3 is 0 Å². The minimum absolute atomic E-state index is 0.141. The fourth-order valence-electron chi connectivity index (χ4n) is 3.70. The van der Waals surface area contributed by atoms with E-state index in [2.05, 4.69) is 34.0 Å². The van der Waals surface area contributed by atoms with E-state index in [0.29, 0.717) is 39.2 Å². The maximum absolute atomic E-state index is 12.6. The fourth-order valence-corrected chi connectivity index (χ4v) is 4.53. The molecule has 1 amide bonds. The average Bonchev–Trinajstić information content (AvgIpc) is 2.97. The van der Waals surface area contributed by atoms with E-state index >= 15 is 0 Å². The number of nitrogens with zero attached hydrogens (tertiary/aromatic N) is 4. The molecule has 2 atom stereocenters. The van der Waals surface area contributed by atoms with Crippen LogP contribution in [0.5, 0.6) is 0 Å². The highest BCUT2D eigenvalue weighted by Crippen LogP contribution is 2.27. The van der Waals surface area contributed by atoms with Crippen LogP contribution < -0.4 is 0 Å². The van der Waals surface area contributed by atoms with E-state index in [0.717, 1.165) is 23.7 Å². The van der Waals surface area contributed by atoms with Crippen molar-refractivity contribution in [3.05, 3.63) is 23.2 Å². The smallest absolute Gasteiger partial charge is 0.233 e. The molecule has 3 aromatic rings. The van der Waals surface area contributed by atoms with Gasteiger partial charge in [-0.25, -0.2) is 4.98 Å². The van der Waals surface area contributed by atoms with E-state index < -0.39 is 0 Å². The van der Waals surface area contributed by atoms with Gasteiger partial charge in [-0.3, -0.25) is 4.79 Å². The van der Waals surface area contributed by atoms with Crippen molar-refractivity contribution in [3.63, 3.8) is 0 Å². The molecule has 0 saturated carbocycles. The molecule has 0 unspecified atom stereocenters. The summed E-state index contributed by atoms with van der Waals surface area (Å²) < 4.78 is 0. The van der Waals surface area contributed by atoms with Gasteiger partial charge in [0.15, 0.2) is 5.65 Å². The van der Waals surface area contributed by atoms with Crippen LogP contribution in [-0.2, 0) is 4.79 Å². The zero-order valence-electron chi connectivity index (χ0n) is 14.7. The largest absolute Gasteiger partial charge is 0.338 e. The number of amides is 1. The number of hydrogen-bond donors (Lipinski definition) is 1. The molecule has 0 aliphatic carbocycles. The van der Waals surface area contributed by atoms with Gasteiger partial charge in [-0.2, -0.15) is 0 Å². The summed E-state index contributed by atoms with van der Waals surface area (Å²) in [6.07, 6.45) is 3.33. The van der Waals surface area contributed by atoms with Gasteiger partial charge in [0.25, 0.3) is 0 Å². The highest BCUT2D eigenvalue weighted by Gasteiger charge is 2.28. The summed E-state index contributed by atoms with van der Waals surface area (Å²) in [7, 11) is 0. The molecule has 136 valence electrons. The van der Waals surface area contributed by atoms with Crippen molar-refractivity contribution in [1.82, 2.24) is 25.1 Å². The van der Waals surface area contributed by atoms with Crippen molar-refractivity contribution in [1.29, 1.82) is 0 Å². The Morgan fingerprint density at radius 2 is 2.08 bits per heavy atom. The molecule has 2 aromatic heterocycles. The lowest BCUT2D eigenvalue weighted by atomic mass is 9.98. The van der Waals surface area contributed by atoms with Crippen molar-refractivity contribution in [2.45, 2.75) is 50.4 Å². The van der Waals surface area contributed by atoms with Crippen LogP contribution in [0.15, 0.2) is 23.4 Å². The Bertz CT molecular complexity index is 965. The van der Waals surface area contributed by atoms with Crippen molar-refractivity contribution in [2.75, 3.05) is 5.75 Å². The first-order valence-corrected chi connectivity index (χ1v) is 10.1. The van der Waals surface area contributed by atoms with E-state index in [4.69, 9.17) is 11.6 Å². The summed E-state index contributed by atoms with van der Waals surface area (Å²) in [5.74, 6) is 0.468. The predicted molar refractivity (Wildman–Crippen MR) is 105 cm³/mol. The Hall–Kier alpha value is -1.86. The Morgan fingerprint density at radius 1 is 1.31 bits per heavy atom. The second-order valence-electron chi connectivity index (χ2n) is 6.83. The SMILES string of the molecule is C[C@@H]1CCC[C@H](C)N1C(=O)CSc1nnc2c(n1)[nH]c1ccc(Cl)cc12. The molecule has 26 heavy (non-hydrogen) atoms. The van der Waals surface area contributed by atoms with Gasteiger partial charge in [-0.05, 0) is 51.3 Å². The fraction of sp³-hybridized carbons (Fsp3) is 0.444. The maximum Gasteiger partial charge on any atom is 0.233 e. The third kappa shape index (κ3) is 3.25. The summed E-state index contributed by atoms with van der Waals surface area (Å²) >= 11 is 7.39. The van der Waals surface area contributed by atoms with Crippen LogP contribution >= 0.6 is 23.4 Å². The number of hydrogen-bond acceptors (Lipinski definition) is 5. The zero-order chi connectivity index (χ0) is 18.3. The molecule has 1 fully saturated rings. The highest BCUT2D eigenvalue weighted by molar-refractivity contribution is 7.99. The lowest BCUT2D eigenvalue weighted by Crippen LogP contribution is -2.48. The number of aromatic amines is 1. The number of fused-ring (bicyclic) bond motifs is 3. The third-order valence-corrected chi connectivity index (χ3v) is 6.02. The first-order valence-electron chi connectivity index (χ1n) is 8.78. The molecule has 0 bridgehead atoms. The van der Waals surface area contributed by atoms with Gasteiger partial charge in [0.2, 0.25) is 11.1 Å². The normalized spacial score (nSPS) is 20.8. The molecular weight excluding hydrogens is 370 g/mol. The predicted octanol–water partition coefficient (Wildman–Crippen LogP) is 4.04. The van der Waals surface area contributed by atoms with Crippen LogP contribution in [0.3, 0.4) is 0 Å². The number of aromatic nitrogens is 4. The molecule has 1 aliphatic rings. The van der Waals surface area contributed by atoms with E-state index in [-0.39, 0.29) is 5.91 Å². The van der Waals surface area contributed by atoms with Gasteiger partial charge in [0.05, 0.1) is 5.75 Å². The number of carbonyl (C=O) groups excluding carboxylic acids is 1. The van der Waals surface area contributed by atoms with E-state index in [1.807, 2.05) is 23.1 Å². The van der Waals surface area contributed by atoms with Gasteiger partial charge in [-0.1, -0.05) is 23.4 Å². The number of halogens is 1. The summed E-state index contributed by atoms with van der Waals surface area (Å²) in [5.41, 5.74) is 2.27. The van der Waals surface area contributed by atoms with Crippen LogP contribution in [0, 0.1) is 0 Å². The number of rotatable bonds is 3. The number of piperidine rings is 1. The summed E-state index contributed by atoms with van der Waals surface area (Å²) in [6.45, 7) is 4.25. The Morgan fingerprint density at radius 3 is 2.85 bits per heavy atom. The Balaban J connectivity index is 1.52. The van der Waals surface area contributed by atoms with Crippen LogP contribution in [-0.4, -0.2) is 48.8 Å². The molecule has 6 nitrogen and oxygen atoms in total. The minimum atomic E-state index is 0.141. The quantitative estimate of drug-likeness (QED) is 0.684. The summed E-state index contributed by atoms with van der Waals surface area (Å²) in [6, 6.07) is 6.17. The van der Waals surface area contributed by atoms with Gasteiger partial charge in [-0.15, -0.1) is 10.2 Å². The minimum Gasteiger partial charge on any atom is -0.338 e. The standard InChI is InChI=1S/C18H20ClN5OS/c1-10-4-3-5-11(2)24(10)15(25)9-26-18-21-17-16(22-23-18)13-8-12(19)6-7-14(13)20-17/h6-8,10-11H,3-5,9H2,1-2H3,(H,20,21,23)/t10-,11+. The van der Waals surface area contributed by atoms with E-state index in [1.54, 1.807) is 0 Å². The molecule has 4 rings (SSSR count). The molecular formula is C18H20ClN5OS. The highest BCUT2D eigenvalue weighted by atomic mass is 35.5. The second kappa shape index (κ2) is 7.04. The first kappa shape index (κ1) is 17.5. The van der Waals surface area contributed by atoms with Crippen molar-refractivity contribution >= 4 is 51.3 Å². The van der Waals surface area contributed by atoms with Gasteiger partial charge in [0.1, 0.15) is 5.52 Å². The number of likely N-dealkylation sites (tertiary alicyclic amines) is 1. The molecule has 0 radical (unpaired) electrons. The molecule has 3 heterocycles. The lowest BCUT2D eigenvalue weighted by molar-refractivity contribution is -0.134. The van der Waals surface area contributed by atoms with Crippen LogP contribution in [0.25, 0.3) is 22.1 Å². The molecule has 8 heteroatoms. The zero-order valence-corrected chi connectivity index (χ0v) is 16.3. The second-order valence-corrected chi connectivity index (χ2v) is 8.20. The number of thioether (sulfide) groups is 1. The Kier molecular flexibility index (Phi) is 4.75. The topological polar surface area (TPSA) is 74.8 Å². The van der Waals surface area contributed by atoms with Crippen molar-refractivity contribution in [3.8, 4) is 0 Å².